The summed E-state index contributed by atoms with van der Waals surface area (Å²) in [6.07, 6.45) is 5.83. The Balaban J connectivity index is -0.000000359. The van der Waals surface area contributed by atoms with E-state index in [4.69, 9.17) is 40.8 Å². The molecule has 0 radical (unpaired) electrons. The maximum absolute atomic E-state index is 11.2. The zero-order valence-electron chi connectivity index (χ0n) is 34.8. The molecule has 18 nitrogen and oxygen atoms in total. The lowest BCUT2D eigenvalue weighted by atomic mass is 9.88. The van der Waals surface area contributed by atoms with Crippen LogP contribution >= 0.6 is 11.6 Å². The van der Waals surface area contributed by atoms with Gasteiger partial charge in [-0.3, -0.25) is 14.4 Å². The first-order valence-electron chi connectivity index (χ1n) is 18.0. The molecular formula is C41H59ClO18. The third kappa shape index (κ3) is 40.3. The minimum atomic E-state index is -0.837. The molecule has 0 aromatic rings. The van der Waals surface area contributed by atoms with E-state index in [1.165, 1.54) is 20.8 Å². The number of halogens is 1. The first kappa shape index (κ1) is 60.8. The second-order valence-electron chi connectivity index (χ2n) is 12.1. The summed E-state index contributed by atoms with van der Waals surface area (Å²) in [6, 6.07) is 0. The van der Waals surface area contributed by atoms with Gasteiger partial charge in [0.1, 0.15) is 57.9 Å². The molecule has 0 fully saturated rings. The van der Waals surface area contributed by atoms with Crippen molar-refractivity contribution < 1.29 is 86.5 Å². The molecule has 19 heteroatoms. The molecular weight excluding hydrogens is 816 g/mol. The minimum Gasteiger partial charge on any atom is -0.481 e. The van der Waals surface area contributed by atoms with Crippen LogP contribution in [0.5, 0.6) is 0 Å². The van der Waals surface area contributed by atoms with E-state index in [0.717, 1.165) is 30.7 Å². The van der Waals surface area contributed by atoms with Crippen molar-refractivity contribution in [1.82, 2.24) is 0 Å². The smallest absolute Gasteiger partial charge is 0.333 e. The lowest BCUT2D eigenvalue weighted by molar-refractivity contribution is -0.156. The maximum Gasteiger partial charge on any atom is 0.333 e. The molecule has 0 rings (SSSR count). The zero-order valence-corrected chi connectivity index (χ0v) is 35.6. The number of esters is 7. The summed E-state index contributed by atoms with van der Waals surface area (Å²) in [5, 5.41) is 17.1. The van der Waals surface area contributed by atoms with Gasteiger partial charge in [-0.05, 0) is 46.5 Å². The van der Waals surface area contributed by atoms with Gasteiger partial charge in [-0.2, -0.15) is 0 Å². The lowest BCUT2D eigenvalue weighted by Gasteiger charge is -2.30. The van der Waals surface area contributed by atoms with Crippen molar-refractivity contribution in [2.75, 3.05) is 52.1 Å². The number of aliphatic hydroxyl groups excluding tert-OH is 1. The average molecular weight is 875 g/mol. The van der Waals surface area contributed by atoms with Crippen molar-refractivity contribution in [2.24, 2.45) is 5.41 Å². The molecule has 0 aliphatic heterocycles. The number of carboxylic acids is 1. The molecule has 338 valence electrons. The highest BCUT2D eigenvalue weighted by Gasteiger charge is 2.33. The monoisotopic (exact) mass is 874 g/mol. The quantitative estimate of drug-likeness (QED) is 0.0292. The van der Waals surface area contributed by atoms with Gasteiger partial charge in [0.2, 0.25) is 0 Å². The van der Waals surface area contributed by atoms with Crippen molar-refractivity contribution in [1.29, 1.82) is 0 Å². The fourth-order valence-corrected chi connectivity index (χ4v) is 3.16. The number of rotatable bonds is 27. The van der Waals surface area contributed by atoms with Gasteiger partial charge in [0.05, 0.1) is 17.9 Å². The van der Waals surface area contributed by atoms with Crippen LogP contribution in [0.15, 0.2) is 74.9 Å². The third-order valence-corrected chi connectivity index (χ3v) is 6.87. The number of ketones is 1. The Labute approximate surface area is 355 Å². The number of carboxylic acid groups (broad SMARTS) is 1. The van der Waals surface area contributed by atoms with Crippen molar-refractivity contribution in [2.45, 2.75) is 72.3 Å². The van der Waals surface area contributed by atoms with Crippen LogP contribution in [0.1, 0.15) is 66.2 Å². The molecule has 0 bridgehead atoms. The SMILES string of the molecule is C=C(C)C(=O)OCC(O)CCl.C=C(C)C(=O)OCCOC(=O)CC(C)=O.C=CC(=O)OCC(CC)(COC(=O)C=C)COC(=O)C=C.C=CC(=O)OCCCCCC(=O)O. The van der Waals surface area contributed by atoms with Gasteiger partial charge >= 0.3 is 47.8 Å². The van der Waals surface area contributed by atoms with Gasteiger partial charge in [-0.25, -0.2) is 28.8 Å². The van der Waals surface area contributed by atoms with E-state index in [1.807, 2.05) is 0 Å². The van der Waals surface area contributed by atoms with E-state index in [0.29, 0.717) is 31.4 Å². The fourth-order valence-electron chi connectivity index (χ4n) is 3.07. The van der Waals surface area contributed by atoms with Gasteiger partial charge in [0.15, 0.2) is 0 Å². The normalized spacial score (nSPS) is 10.1. The number of aliphatic hydroxyl groups is 1. The molecule has 0 aromatic carbocycles. The molecule has 0 amide bonds. The number of unbranched alkanes of at least 4 members (excludes halogenated alkanes) is 2. The van der Waals surface area contributed by atoms with E-state index < -0.39 is 59.3 Å². The second-order valence-corrected chi connectivity index (χ2v) is 12.4. The molecule has 0 saturated carbocycles. The Kier molecular flexibility index (Phi) is 39.1. The average Bonchev–Trinajstić information content (AvgIpc) is 3.21. The topological polar surface area (TPSA) is 259 Å². The van der Waals surface area contributed by atoms with Gasteiger partial charge in [0, 0.05) is 41.9 Å². The van der Waals surface area contributed by atoms with Crippen molar-refractivity contribution in [3.8, 4) is 0 Å². The first-order chi connectivity index (χ1) is 28.1. The summed E-state index contributed by atoms with van der Waals surface area (Å²) in [6.45, 7) is 26.0. The Morgan fingerprint density at radius 3 is 1.40 bits per heavy atom. The Hall–Kier alpha value is -5.88. The number of carbonyl (C=O) groups excluding carboxylic acids is 8. The molecule has 2 N–H and O–H groups in total. The van der Waals surface area contributed by atoms with Gasteiger partial charge in [-0.1, -0.05) is 46.4 Å². The summed E-state index contributed by atoms with van der Waals surface area (Å²) in [5.74, 6) is -4.92. The Bertz CT molecular complexity index is 1400. The van der Waals surface area contributed by atoms with Crippen molar-refractivity contribution in [3.63, 3.8) is 0 Å². The van der Waals surface area contributed by atoms with Crippen LogP contribution in [0.25, 0.3) is 0 Å². The molecule has 0 aliphatic carbocycles. The number of hydrogen-bond acceptors (Lipinski definition) is 17. The summed E-state index contributed by atoms with van der Waals surface area (Å²) in [5.41, 5.74) is -0.243. The molecule has 0 heterocycles. The number of ether oxygens (including phenoxy) is 7. The van der Waals surface area contributed by atoms with Crippen LogP contribution in [0.2, 0.25) is 0 Å². The predicted molar refractivity (Wildman–Crippen MR) is 218 cm³/mol. The standard InChI is InChI=1S/C15H20O6.C10H14O5.C9H14O4.C7H11ClO3/c1-5-12(16)19-9-15(8-4,10-20-13(17)6-2)11-21-14(18)7-3;1-7(2)10(13)15-5-4-14-9(12)6-8(3)11;1-2-9(12)13-7-5-3-4-6-8(10)11;1-5(2)7(10)11-4-6(9)3-8/h5-7H,1-3,8-11H2,4H3;1,4-6H2,2-3H3;2H,1,3-7H2,(H,10,11);6,9H,1,3-4H2,2H3. The first-order valence-corrected chi connectivity index (χ1v) is 18.6. The highest BCUT2D eigenvalue weighted by molar-refractivity contribution is 6.18. The van der Waals surface area contributed by atoms with Crippen molar-refractivity contribution in [3.05, 3.63) is 74.9 Å². The van der Waals surface area contributed by atoms with E-state index in [-0.39, 0.29) is 69.7 Å². The largest absolute Gasteiger partial charge is 0.481 e. The van der Waals surface area contributed by atoms with Crippen LogP contribution < -0.4 is 0 Å². The number of alkyl halides is 1. The molecule has 0 spiro atoms. The van der Waals surface area contributed by atoms with Gasteiger partial charge in [-0.15, -0.1) is 11.6 Å². The summed E-state index contributed by atoms with van der Waals surface area (Å²) in [4.78, 5) is 97.0. The van der Waals surface area contributed by atoms with Crippen LogP contribution in [0.3, 0.4) is 0 Å². The Morgan fingerprint density at radius 2 is 1.03 bits per heavy atom. The summed E-state index contributed by atoms with van der Waals surface area (Å²) in [7, 11) is 0. The van der Waals surface area contributed by atoms with Gasteiger partial charge in [0.25, 0.3) is 0 Å². The molecule has 0 aliphatic rings. The molecule has 0 saturated heterocycles. The predicted octanol–water partition coefficient (Wildman–Crippen LogP) is 4.26. The molecule has 60 heavy (non-hydrogen) atoms. The van der Waals surface area contributed by atoms with Crippen LogP contribution in [0, 0.1) is 5.41 Å². The van der Waals surface area contributed by atoms with Crippen LogP contribution in [-0.2, 0) is 76.3 Å². The highest BCUT2D eigenvalue weighted by atomic mass is 35.5. The third-order valence-electron chi connectivity index (χ3n) is 6.51. The zero-order chi connectivity index (χ0) is 47.1. The van der Waals surface area contributed by atoms with E-state index in [1.54, 1.807) is 6.92 Å². The Morgan fingerprint density at radius 1 is 0.617 bits per heavy atom. The van der Waals surface area contributed by atoms with Gasteiger partial charge < -0.3 is 43.4 Å². The number of carbonyl (C=O) groups is 9. The van der Waals surface area contributed by atoms with Crippen LogP contribution in [0.4, 0.5) is 0 Å². The highest BCUT2D eigenvalue weighted by Crippen LogP contribution is 2.24. The van der Waals surface area contributed by atoms with Crippen molar-refractivity contribution >= 4 is 65.1 Å². The van der Waals surface area contributed by atoms with E-state index >= 15 is 0 Å². The lowest BCUT2D eigenvalue weighted by Crippen LogP contribution is -2.38. The fraction of sp³-hybridized carbons (Fsp3) is 0.488. The summed E-state index contributed by atoms with van der Waals surface area (Å²) < 4.78 is 33.5. The number of aliphatic carboxylic acids is 1. The second kappa shape index (κ2) is 38.6. The maximum atomic E-state index is 11.2. The molecule has 1 atom stereocenters. The van der Waals surface area contributed by atoms with E-state index in [9.17, 15) is 43.2 Å². The minimum absolute atomic E-state index is 0.0324. The number of hydrogen-bond donors (Lipinski definition) is 2. The van der Waals surface area contributed by atoms with Crippen LogP contribution in [-0.4, -0.2) is 122 Å². The number of Topliss-reactive ketones (excluding diaryl/α,β-unsaturated/α-hetero) is 1. The molecule has 0 aromatic heterocycles. The summed E-state index contributed by atoms with van der Waals surface area (Å²) >= 11 is 5.25. The van der Waals surface area contributed by atoms with E-state index in [2.05, 4.69) is 53.7 Å². The molecule has 1 unspecified atom stereocenters.